The van der Waals surface area contributed by atoms with Gasteiger partial charge < -0.3 is 15.2 Å². The summed E-state index contributed by atoms with van der Waals surface area (Å²) in [5, 5.41) is 0. The van der Waals surface area contributed by atoms with Crippen molar-refractivity contribution >= 4 is 15.9 Å². The fraction of sp³-hybridized carbons (Fsp3) is 0.500. The molecule has 0 amide bonds. The predicted octanol–water partition coefficient (Wildman–Crippen LogP) is 2.38. The molecule has 1 aliphatic rings. The average molecular weight is 304 g/mol. The van der Waals surface area contributed by atoms with Crippen molar-refractivity contribution in [1.29, 1.82) is 0 Å². The molecule has 1 aliphatic heterocycles. The van der Waals surface area contributed by atoms with Crippen molar-refractivity contribution in [2.45, 2.75) is 12.7 Å². The van der Waals surface area contributed by atoms with E-state index in [1.54, 1.807) is 12.1 Å². The van der Waals surface area contributed by atoms with Crippen molar-refractivity contribution in [1.82, 2.24) is 0 Å². The number of hydrogen-bond acceptors (Lipinski definition) is 3. The van der Waals surface area contributed by atoms with E-state index in [0.717, 1.165) is 4.47 Å². The molecule has 3 nitrogen and oxygen atoms in total. The van der Waals surface area contributed by atoms with Gasteiger partial charge in [0.1, 0.15) is 5.82 Å². The second-order valence-corrected chi connectivity index (χ2v) is 5.22. The molecule has 0 saturated carbocycles. The van der Waals surface area contributed by atoms with Gasteiger partial charge in [-0.05, 0) is 18.2 Å². The van der Waals surface area contributed by atoms with Crippen LogP contribution in [0.15, 0.2) is 22.7 Å². The normalized spacial score (nSPS) is 29.3. The molecule has 1 aromatic carbocycles. The van der Waals surface area contributed by atoms with Gasteiger partial charge in [0.05, 0.1) is 19.8 Å². The van der Waals surface area contributed by atoms with Crippen molar-refractivity contribution in [3.8, 4) is 0 Å². The maximum Gasteiger partial charge on any atom is 0.210 e. The molecule has 0 aromatic heterocycles. The Labute approximate surface area is 108 Å². The number of hydrogen-bond donors (Lipinski definition) is 1. The number of benzene rings is 1. The summed E-state index contributed by atoms with van der Waals surface area (Å²) in [6.07, 6.45) is 0. The fourth-order valence-corrected chi connectivity index (χ4v) is 2.18. The lowest BCUT2D eigenvalue weighted by molar-refractivity contribution is -0.285. The molecule has 1 saturated heterocycles. The standard InChI is InChI=1S/C12H15BrFNO2/c1-8-5-16-12(7-15,17-6-8)10-4-9(13)2-3-11(10)14/h2-4,8H,5-7,15H2,1H3. The molecule has 2 N–H and O–H groups in total. The lowest BCUT2D eigenvalue weighted by Gasteiger charge is -2.39. The lowest BCUT2D eigenvalue weighted by atomic mass is 10.0. The van der Waals surface area contributed by atoms with Gasteiger partial charge in [-0.25, -0.2) is 4.39 Å². The average Bonchev–Trinajstić information content (AvgIpc) is 2.34. The van der Waals surface area contributed by atoms with Gasteiger partial charge in [-0.2, -0.15) is 0 Å². The van der Waals surface area contributed by atoms with Gasteiger partial charge in [-0.1, -0.05) is 22.9 Å². The first-order chi connectivity index (χ1) is 8.07. The second kappa shape index (κ2) is 5.02. The van der Waals surface area contributed by atoms with Gasteiger partial charge in [0.2, 0.25) is 5.79 Å². The van der Waals surface area contributed by atoms with Crippen LogP contribution in [0.25, 0.3) is 0 Å². The molecule has 17 heavy (non-hydrogen) atoms. The fourth-order valence-electron chi connectivity index (χ4n) is 1.82. The van der Waals surface area contributed by atoms with E-state index in [0.29, 0.717) is 24.7 Å². The van der Waals surface area contributed by atoms with Crippen LogP contribution in [-0.4, -0.2) is 19.8 Å². The van der Waals surface area contributed by atoms with Gasteiger partial charge in [-0.3, -0.25) is 0 Å². The summed E-state index contributed by atoms with van der Waals surface area (Å²) in [6, 6.07) is 4.66. The molecule has 1 fully saturated rings. The molecule has 0 unspecified atom stereocenters. The van der Waals surface area contributed by atoms with Gasteiger partial charge >= 0.3 is 0 Å². The minimum absolute atomic E-state index is 0.0904. The van der Waals surface area contributed by atoms with Crippen LogP contribution >= 0.6 is 15.9 Å². The first kappa shape index (κ1) is 13.0. The third-order valence-electron chi connectivity index (χ3n) is 2.81. The number of nitrogens with two attached hydrogens (primary N) is 1. The van der Waals surface area contributed by atoms with Crippen LogP contribution in [0, 0.1) is 11.7 Å². The Balaban J connectivity index is 2.37. The van der Waals surface area contributed by atoms with Crippen LogP contribution < -0.4 is 5.73 Å². The SMILES string of the molecule is CC1COC(CN)(c2cc(Br)ccc2F)OC1. The topological polar surface area (TPSA) is 44.5 Å². The molecule has 0 radical (unpaired) electrons. The van der Waals surface area contributed by atoms with Gasteiger partial charge in [0.15, 0.2) is 0 Å². The van der Waals surface area contributed by atoms with Crippen LogP contribution in [0.3, 0.4) is 0 Å². The Bertz CT molecular complexity index is 405. The monoisotopic (exact) mass is 303 g/mol. The summed E-state index contributed by atoms with van der Waals surface area (Å²) in [4.78, 5) is 0. The third-order valence-corrected chi connectivity index (χ3v) is 3.30. The summed E-state index contributed by atoms with van der Waals surface area (Å²) >= 11 is 3.31. The van der Waals surface area contributed by atoms with E-state index in [2.05, 4.69) is 15.9 Å². The molecule has 0 spiro atoms. The predicted molar refractivity (Wildman–Crippen MR) is 65.9 cm³/mol. The number of rotatable bonds is 2. The molecule has 2 rings (SSSR count). The van der Waals surface area contributed by atoms with Crippen molar-refractivity contribution < 1.29 is 13.9 Å². The summed E-state index contributed by atoms with van der Waals surface area (Å²) < 4.78 is 25.9. The zero-order chi connectivity index (χ0) is 12.5. The minimum Gasteiger partial charge on any atom is -0.344 e. The van der Waals surface area contributed by atoms with E-state index in [1.807, 2.05) is 6.92 Å². The Kier molecular flexibility index (Phi) is 3.82. The van der Waals surface area contributed by atoms with Crippen molar-refractivity contribution in [3.05, 3.63) is 34.1 Å². The van der Waals surface area contributed by atoms with E-state index in [9.17, 15) is 4.39 Å². The molecular weight excluding hydrogens is 289 g/mol. The molecular formula is C12H15BrFNO2. The quantitative estimate of drug-likeness (QED) is 0.912. The van der Waals surface area contributed by atoms with Crippen LogP contribution in [0.1, 0.15) is 12.5 Å². The van der Waals surface area contributed by atoms with E-state index >= 15 is 0 Å². The number of ether oxygens (including phenoxy) is 2. The van der Waals surface area contributed by atoms with Crippen LogP contribution in [0.2, 0.25) is 0 Å². The molecule has 5 heteroatoms. The van der Waals surface area contributed by atoms with Gasteiger partial charge in [-0.15, -0.1) is 0 Å². The molecule has 0 aliphatic carbocycles. The van der Waals surface area contributed by atoms with Crippen LogP contribution in [0.4, 0.5) is 4.39 Å². The maximum atomic E-state index is 13.8. The maximum absolute atomic E-state index is 13.8. The Morgan fingerprint density at radius 2 is 2.12 bits per heavy atom. The Hall–Kier alpha value is -0.490. The molecule has 0 bridgehead atoms. The first-order valence-electron chi connectivity index (χ1n) is 5.51. The Morgan fingerprint density at radius 1 is 1.47 bits per heavy atom. The van der Waals surface area contributed by atoms with Crippen LogP contribution in [-0.2, 0) is 15.3 Å². The highest BCUT2D eigenvalue weighted by Gasteiger charge is 2.39. The summed E-state index contributed by atoms with van der Waals surface area (Å²) in [7, 11) is 0. The highest BCUT2D eigenvalue weighted by molar-refractivity contribution is 9.10. The molecule has 1 heterocycles. The van der Waals surface area contributed by atoms with Crippen molar-refractivity contribution in [2.75, 3.05) is 19.8 Å². The largest absolute Gasteiger partial charge is 0.344 e. The van der Waals surface area contributed by atoms with E-state index in [1.165, 1.54) is 6.07 Å². The summed E-state index contributed by atoms with van der Waals surface area (Å²) in [6.45, 7) is 3.14. The highest BCUT2D eigenvalue weighted by Crippen LogP contribution is 2.34. The highest BCUT2D eigenvalue weighted by atomic mass is 79.9. The minimum atomic E-state index is -1.15. The van der Waals surface area contributed by atoms with Crippen molar-refractivity contribution in [3.63, 3.8) is 0 Å². The second-order valence-electron chi connectivity index (χ2n) is 4.31. The zero-order valence-corrected chi connectivity index (χ0v) is 11.2. The smallest absolute Gasteiger partial charge is 0.210 e. The van der Waals surface area contributed by atoms with Crippen LogP contribution in [0.5, 0.6) is 0 Å². The third kappa shape index (κ3) is 2.52. The number of halogens is 2. The van der Waals surface area contributed by atoms with Crippen molar-refractivity contribution in [2.24, 2.45) is 11.7 Å². The van der Waals surface area contributed by atoms with E-state index < -0.39 is 5.79 Å². The van der Waals surface area contributed by atoms with Gasteiger partial charge in [0.25, 0.3) is 0 Å². The first-order valence-corrected chi connectivity index (χ1v) is 6.30. The zero-order valence-electron chi connectivity index (χ0n) is 9.58. The summed E-state index contributed by atoms with van der Waals surface area (Å²) in [5.74, 6) is -1.22. The lowest BCUT2D eigenvalue weighted by Crippen LogP contribution is -2.47. The molecule has 0 atom stereocenters. The van der Waals surface area contributed by atoms with E-state index in [4.69, 9.17) is 15.2 Å². The Morgan fingerprint density at radius 3 is 2.71 bits per heavy atom. The molecule has 1 aromatic rings. The van der Waals surface area contributed by atoms with Gasteiger partial charge in [0, 0.05) is 16.0 Å². The summed E-state index contributed by atoms with van der Waals surface area (Å²) in [5.41, 5.74) is 6.05. The van der Waals surface area contributed by atoms with E-state index in [-0.39, 0.29) is 12.4 Å². The molecule has 94 valence electrons.